The summed E-state index contributed by atoms with van der Waals surface area (Å²) < 4.78 is 21.9. The quantitative estimate of drug-likeness (QED) is 0.0320. The Labute approximate surface area is 313 Å². The molecule has 6 atom stereocenters. The molecule has 52 heavy (non-hydrogen) atoms. The Bertz CT molecular complexity index is 1030. The Morgan fingerprint density at radius 2 is 1.12 bits per heavy atom. The standard InChI is InChI=1S/C42H70O10/c1-3-5-7-9-11-13-15-17-18-19-21-23-25-27-29-31-38(45)51-35(34-50-42-41(48)40(47)39(46)36(32-43)52-42)33-49-37(44)30-28-26-24-22-20-16-14-12-10-8-6-4-2/h5,7,11,13,17-18,21,23,27,29,35-36,39-43,46-48H,3-4,6,8-10,12,14-16,19-20,22,24-26,28,30-34H2,1-2H3/b7-5-,13-11-,18-17-,23-21-,29-27-. The molecule has 10 heteroatoms. The largest absolute Gasteiger partial charge is 0.462 e. The summed E-state index contributed by atoms with van der Waals surface area (Å²) in [7, 11) is 0. The molecule has 0 spiro atoms. The van der Waals surface area contributed by atoms with Crippen molar-refractivity contribution in [2.24, 2.45) is 0 Å². The molecule has 1 heterocycles. The summed E-state index contributed by atoms with van der Waals surface area (Å²) in [6, 6.07) is 0. The van der Waals surface area contributed by atoms with E-state index in [1.54, 1.807) is 6.08 Å². The number of rotatable bonds is 31. The lowest BCUT2D eigenvalue weighted by Crippen LogP contribution is -2.59. The van der Waals surface area contributed by atoms with E-state index >= 15 is 0 Å². The molecule has 0 saturated carbocycles. The lowest BCUT2D eigenvalue weighted by atomic mass is 9.99. The van der Waals surface area contributed by atoms with Crippen LogP contribution in [0.25, 0.3) is 0 Å². The second kappa shape index (κ2) is 33.0. The molecule has 298 valence electrons. The minimum Gasteiger partial charge on any atom is -0.462 e. The molecule has 0 bridgehead atoms. The highest BCUT2D eigenvalue weighted by molar-refractivity contribution is 5.71. The smallest absolute Gasteiger partial charge is 0.310 e. The maximum absolute atomic E-state index is 12.6. The molecular weight excluding hydrogens is 664 g/mol. The summed E-state index contributed by atoms with van der Waals surface area (Å²) in [5.41, 5.74) is 0. The highest BCUT2D eigenvalue weighted by atomic mass is 16.7. The second-order valence-corrected chi connectivity index (χ2v) is 13.4. The number of aliphatic hydroxyl groups excluding tert-OH is 4. The zero-order chi connectivity index (χ0) is 38.1. The van der Waals surface area contributed by atoms with Gasteiger partial charge in [0, 0.05) is 6.42 Å². The molecule has 0 aromatic rings. The first-order valence-electron chi connectivity index (χ1n) is 19.9. The highest BCUT2D eigenvalue weighted by Gasteiger charge is 2.44. The van der Waals surface area contributed by atoms with Crippen LogP contribution in [0.5, 0.6) is 0 Å². The van der Waals surface area contributed by atoms with Gasteiger partial charge >= 0.3 is 11.9 Å². The molecular formula is C42H70O10. The first-order chi connectivity index (χ1) is 25.3. The molecule has 0 amide bonds. The minimum absolute atomic E-state index is 0.00310. The van der Waals surface area contributed by atoms with Crippen LogP contribution in [-0.4, -0.2) is 89.0 Å². The number of esters is 2. The molecule has 1 rings (SSSR count). The van der Waals surface area contributed by atoms with Crippen LogP contribution in [-0.2, 0) is 28.5 Å². The number of hydrogen-bond donors (Lipinski definition) is 4. The molecule has 0 aliphatic carbocycles. The van der Waals surface area contributed by atoms with Gasteiger partial charge in [0.2, 0.25) is 0 Å². The van der Waals surface area contributed by atoms with Gasteiger partial charge in [0.25, 0.3) is 0 Å². The summed E-state index contributed by atoms with van der Waals surface area (Å²) in [4.78, 5) is 25.1. The number of aliphatic hydroxyl groups is 4. The molecule has 1 saturated heterocycles. The van der Waals surface area contributed by atoms with Crippen LogP contribution in [0.3, 0.4) is 0 Å². The zero-order valence-electron chi connectivity index (χ0n) is 32.0. The van der Waals surface area contributed by atoms with Crippen molar-refractivity contribution in [1.82, 2.24) is 0 Å². The fraction of sp³-hybridized carbons (Fsp3) is 0.714. The molecule has 4 N–H and O–H groups in total. The molecule has 0 radical (unpaired) electrons. The molecule has 0 aromatic carbocycles. The first kappa shape index (κ1) is 47.4. The van der Waals surface area contributed by atoms with Crippen LogP contribution in [0.4, 0.5) is 0 Å². The van der Waals surface area contributed by atoms with Crippen molar-refractivity contribution in [2.75, 3.05) is 19.8 Å². The third kappa shape index (κ3) is 24.6. The first-order valence-corrected chi connectivity index (χ1v) is 19.9. The van der Waals surface area contributed by atoms with E-state index in [9.17, 15) is 30.0 Å². The van der Waals surface area contributed by atoms with Crippen molar-refractivity contribution in [3.8, 4) is 0 Å². The predicted octanol–water partition coefficient (Wildman–Crippen LogP) is 7.49. The molecule has 0 aromatic heterocycles. The van der Waals surface area contributed by atoms with E-state index < -0.39 is 55.4 Å². The average molecular weight is 735 g/mol. The summed E-state index contributed by atoms with van der Waals surface area (Å²) >= 11 is 0. The van der Waals surface area contributed by atoms with Crippen molar-refractivity contribution in [3.05, 3.63) is 60.8 Å². The van der Waals surface area contributed by atoms with Crippen LogP contribution in [0.2, 0.25) is 0 Å². The van der Waals surface area contributed by atoms with Gasteiger partial charge in [0.15, 0.2) is 12.4 Å². The van der Waals surface area contributed by atoms with Gasteiger partial charge in [0.1, 0.15) is 31.0 Å². The Kier molecular flexibility index (Phi) is 30.1. The zero-order valence-corrected chi connectivity index (χ0v) is 32.0. The van der Waals surface area contributed by atoms with Crippen LogP contribution in [0.1, 0.15) is 136 Å². The molecule has 6 unspecified atom stereocenters. The summed E-state index contributed by atoms with van der Waals surface area (Å²) in [5.74, 6) is -0.959. The Morgan fingerprint density at radius 1 is 0.615 bits per heavy atom. The summed E-state index contributed by atoms with van der Waals surface area (Å²) in [6.07, 6.45) is 31.2. The van der Waals surface area contributed by atoms with E-state index in [0.717, 1.165) is 44.9 Å². The van der Waals surface area contributed by atoms with Crippen molar-refractivity contribution in [3.63, 3.8) is 0 Å². The van der Waals surface area contributed by atoms with Crippen LogP contribution >= 0.6 is 0 Å². The van der Waals surface area contributed by atoms with E-state index in [1.807, 2.05) is 12.2 Å². The van der Waals surface area contributed by atoms with Gasteiger partial charge < -0.3 is 39.4 Å². The molecule has 1 aliphatic rings. The minimum atomic E-state index is -1.61. The van der Waals surface area contributed by atoms with Crippen molar-refractivity contribution in [1.29, 1.82) is 0 Å². The van der Waals surface area contributed by atoms with E-state index in [0.29, 0.717) is 12.8 Å². The normalized spacial score (nSPS) is 21.7. The number of allylic oxidation sites excluding steroid dienone is 9. The maximum atomic E-state index is 12.6. The number of unbranched alkanes of at least 4 members (excludes halogenated alkanes) is 11. The van der Waals surface area contributed by atoms with E-state index in [4.69, 9.17) is 18.9 Å². The number of hydrogen-bond acceptors (Lipinski definition) is 10. The van der Waals surface area contributed by atoms with Gasteiger partial charge in [-0.15, -0.1) is 0 Å². The lowest BCUT2D eigenvalue weighted by molar-refractivity contribution is -0.305. The van der Waals surface area contributed by atoms with Crippen molar-refractivity contribution in [2.45, 2.75) is 173 Å². The third-order valence-corrected chi connectivity index (χ3v) is 8.70. The fourth-order valence-electron chi connectivity index (χ4n) is 5.56. The van der Waals surface area contributed by atoms with Gasteiger partial charge in [0.05, 0.1) is 19.6 Å². The van der Waals surface area contributed by atoms with Gasteiger partial charge in [-0.05, 0) is 38.5 Å². The van der Waals surface area contributed by atoms with Crippen molar-refractivity contribution >= 4 is 11.9 Å². The molecule has 10 nitrogen and oxygen atoms in total. The molecule has 1 fully saturated rings. The Balaban J connectivity index is 2.47. The predicted molar refractivity (Wildman–Crippen MR) is 205 cm³/mol. The second-order valence-electron chi connectivity index (χ2n) is 13.4. The third-order valence-electron chi connectivity index (χ3n) is 8.70. The highest BCUT2D eigenvalue weighted by Crippen LogP contribution is 2.22. The van der Waals surface area contributed by atoms with E-state index in [2.05, 4.69) is 56.4 Å². The maximum Gasteiger partial charge on any atom is 0.310 e. The van der Waals surface area contributed by atoms with Gasteiger partial charge in [-0.1, -0.05) is 145 Å². The monoisotopic (exact) mass is 734 g/mol. The fourth-order valence-corrected chi connectivity index (χ4v) is 5.56. The average Bonchev–Trinajstić information content (AvgIpc) is 3.14. The van der Waals surface area contributed by atoms with Gasteiger partial charge in [-0.3, -0.25) is 9.59 Å². The topological polar surface area (TPSA) is 152 Å². The lowest BCUT2D eigenvalue weighted by Gasteiger charge is -2.39. The SMILES string of the molecule is CC/C=C\C/C=C\C/C=C\C/C=C\C/C=C\CC(=O)OC(COC(=O)CCCCCCCCCCCCCC)COC1OC(CO)C(O)C(O)C1O. The van der Waals surface area contributed by atoms with Crippen LogP contribution in [0.15, 0.2) is 60.8 Å². The van der Waals surface area contributed by atoms with E-state index in [1.165, 1.54) is 51.4 Å². The molecule has 1 aliphatic heterocycles. The van der Waals surface area contributed by atoms with E-state index in [-0.39, 0.29) is 26.1 Å². The Hall–Kier alpha value is -2.60. The summed E-state index contributed by atoms with van der Waals surface area (Å²) in [6.45, 7) is 3.18. The van der Waals surface area contributed by atoms with Crippen LogP contribution in [0, 0.1) is 0 Å². The number of carbonyl (C=O) groups excluding carboxylic acids is 2. The van der Waals surface area contributed by atoms with Gasteiger partial charge in [-0.2, -0.15) is 0 Å². The Morgan fingerprint density at radius 3 is 1.63 bits per heavy atom. The van der Waals surface area contributed by atoms with Gasteiger partial charge in [-0.25, -0.2) is 0 Å². The number of ether oxygens (including phenoxy) is 4. The van der Waals surface area contributed by atoms with Crippen molar-refractivity contribution < 1.29 is 49.0 Å². The van der Waals surface area contributed by atoms with Crippen LogP contribution < -0.4 is 0 Å². The number of carbonyl (C=O) groups is 2. The summed E-state index contributed by atoms with van der Waals surface area (Å²) in [5, 5.41) is 39.9.